The van der Waals surface area contributed by atoms with E-state index in [-0.39, 0.29) is 25.2 Å². The van der Waals surface area contributed by atoms with Gasteiger partial charge in [-0.05, 0) is 98.7 Å². The third-order valence-electron chi connectivity index (χ3n) is 5.74. The van der Waals surface area contributed by atoms with Gasteiger partial charge in [0, 0.05) is 6.99 Å². The van der Waals surface area contributed by atoms with Crippen molar-refractivity contribution in [2.75, 3.05) is 0 Å². The fourth-order valence-electron chi connectivity index (χ4n) is 4.12. The number of carbonyl (C=O) groups excluding carboxylic acids is 1. The maximum Gasteiger partial charge on any atom is 0.314 e. The fraction of sp³-hybridized carbons (Fsp3) is 0.276. The molecule has 1 aliphatic rings. The van der Waals surface area contributed by atoms with Gasteiger partial charge in [-0.1, -0.05) is 30.2 Å². The van der Waals surface area contributed by atoms with Crippen molar-refractivity contribution in [2.24, 2.45) is 5.92 Å². The Morgan fingerprint density at radius 3 is 2.48 bits per heavy atom. The highest BCUT2D eigenvalue weighted by molar-refractivity contribution is 5.76. The summed E-state index contributed by atoms with van der Waals surface area (Å²) in [5.41, 5.74) is 5.03. The summed E-state index contributed by atoms with van der Waals surface area (Å²) in [6, 6.07) is 18.3. The van der Waals surface area contributed by atoms with E-state index in [9.17, 15) is 9.18 Å². The first-order valence-corrected chi connectivity index (χ1v) is 11.3. The van der Waals surface area contributed by atoms with Crippen molar-refractivity contribution in [3.8, 4) is 34.5 Å². The lowest BCUT2D eigenvalue weighted by molar-refractivity contribution is -0.139. The number of rotatable bonds is 5. The van der Waals surface area contributed by atoms with E-state index in [1.165, 1.54) is 17.2 Å². The van der Waals surface area contributed by atoms with Gasteiger partial charge < -0.3 is 9.47 Å². The number of hydrogen-bond acceptors (Lipinski definition) is 3. The van der Waals surface area contributed by atoms with Gasteiger partial charge in [0.25, 0.3) is 0 Å². The van der Waals surface area contributed by atoms with Crippen LogP contribution in [0.4, 0.5) is 4.39 Å². The van der Waals surface area contributed by atoms with Crippen LogP contribution in [0.1, 0.15) is 45.3 Å². The minimum atomic E-state index is -0.400. The summed E-state index contributed by atoms with van der Waals surface area (Å²) in [4.78, 5) is 12.8. The quantitative estimate of drug-likeness (QED) is 0.252. The van der Waals surface area contributed by atoms with E-state index in [1.54, 1.807) is 18.2 Å². The molecule has 0 N–H and O–H groups in total. The summed E-state index contributed by atoms with van der Waals surface area (Å²) in [5, 5.41) is 0. The Balaban J connectivity index is 0.00000324. The van der Waals surface area contributed by atoms with Crippen LogP contribution in [0, 0.1) is 23.6 Å². The molecule has 3 aromatic carbocycles. The highest BCUT2D eigenvalue weighted by Gasteiger charge is 2.26. The molecule has 3 aromatic rings. The first-order chi connectivity index (χ1) is 15.9. The molecule has 1 aliphatic carbocycles. The Kier molecular flexibility index (Phi) is 6.79. The second kappa shape index (κ2) is 9.92. The lowest BCUT2D eigenvalue weighted by Gasteiger charge is -2.23. The number of aryl methyl sites for hydroxylation is 1. The Morgan fingerprint density at radius 1 is 1.03 bits per heavy atom. The van der Waals surface area contributed by atoms with Gasteiger partial charge in [0.1, 0.15) is 5.75 Å². The number of carbonyl (C=O) groups is 1. The second-order valence-electron chi connectivity index (χ2n) is 8.56. The fourth-order valence-corrected chi connectivity index (χ4v) is 4.12. The SMILES string of the molecule is CC#Cc1ccc2c(c1)CCC(C(=O)Oc1ccc(-c3ccc(OC(C)C)c(F)c3)cc1)C2.[HH]. The molecular weight excluding hydrogens is 415 g/mol. The minimum absolute atomic E-state index is 0. The molecule has 0 bridgehead atoms. The van der Waals surface area contributed by atoms with Crippen LogP contribution in [-0.4, -0.2) is 12.1 Å². The summed E-state index contributed by atoms with van der Waals surface area (Å²) in [7, 11) is 0. The van der Waals surface area contributed by atoms with Crippen molar-refractivity contribution in [1.82, 2.24) is 0 Å². The van der Waals surface area contributed by atoms with Gasteiger partial charge >= 0.3 is 5.97 Å². The molecule has 0 aromatic heterocycles. The van der Waals surface area contributed by atoms with E-state index >= 15 is 0 Å². The molecule has 4 heteroatoms. The van der Waals surface area contributed by atoms with Gasteiger partial charge in [0.2, 0.25) is 0 Å². The molecule has 3 nitrogen and oxygen atoms in total. The molecule has 0 spiro atoms. The van der Waals surface area contributed by atoms with Crippen molar-refractivity contribution >= 4 is 5.97 Å². The molecule has 0 saturated heterocycles. The third-order valence-corrected chi connectivity index (χ3v) is 5.74. The van der Waals surface area contributed by atoms with Gasteiger partial charge in [-0.3, -0.25) is 4.79 Å². The molecule has 0 heterocycles. The summed E-state index contributed by atoms with van der Waals surface area (Å²) in [5.74, 6) is 5.96. The van der Waals surface area contributed by atoms with Crippen LogP contribution >= 0.6 is 0 Å². The van der Waals surface area contributed by atoms with Crippen molar-refractivity contribution < 1.29 is 20.1 Å². The average molecular weight is 445 g/mol. The predicted octanol–water partition coefficient (Wildman–Crippen LogP) is 6.61. The zero-order valence-corrected chi connectivity index (χ0v) is 19.2. The molecule has 0 aliphatic heterocycles. The Morgan fingerprint density at radius 2 is 1.79 bits per heavy atom. The van der Waals surface area contributed by atoms with Gasteiger partial charge in [-0.15, -0.1) is 5.92 Å². The average Bonchev–Trinajstić information content (AvgIpc) is 2.80. The Labute approximate surface area is 196 Å². The number of fused-ring (bicyclic) bond motifs is 1. The minimum Gasteiger partial charge on any atom is -0.488 e. The first-order valence-electron chi connectivity index (χ1n) is 11.3. The van der Waals surface area contributed by atoms with Crippen molar-refractivity contribution in [3.05, 3.63) is 83.2 Å². The molecule has 0 saturated carbocycles. The highest BCUT2D eigenvalue weighted by atomic mass is 19.1. The smallest absolute Gasteiger partial charge is 0.314 e. The molecule has 170 valence electrons. The summed E-state index contributed by atoms with van der Waals surface area (Å²) < 4.78 is 25.4. The standard InChI is InChI=1S/C29H27FO3.H2/c1-4-5-20-6-7-23-17-25(9-8-22(23)16-20)29(31)33-26-13-10-21(11-14-26)24-12-15-28(27(30)18-24)32-19(2)3;/h6-7,10-16,18-19,25H,8-9,17H2,1-3H3;1H. The van der Waals surface area contributed by atoms with Gasteiger partial charge in [-0.2, -0.15) is 0 Å². The Bertz CT molecular complexity index is 1220. The predicted molar refractivity (Wildman–Crippen MR) is 130 cm³/mol. The molecule has 1 unspecified atom stereocenters. The highest BCUT2D eigenvalue weighted by Crippen LogP contribution is 2.30. The van der Waals surface area contributed by atoms with Crippen LogP contribution < -0.4 is 9.47 Å². The van der Waals surface area contributed by atoms with E-state index in [2.05, 4.69) is 24.0 Å². The van der Waals surface area contributed by atoms with E-state index in [1.807, 2.05) is 45.0 Å². The number of esters is 1. The summed E-state index contributed by atoms with van der Waals surface area (Å²) >= 11 is 0. The largest absolute Gasteiger partial charge is 0.488 e. The zero-order chi connectivity index (χ0) is 23.4. The van der Waals surface area contributed by atoms with Gasteiger partial charge in [0.15, 0.2) is 11.6 Å². The maximum absolute atomic E-state index is 14.3. The zero-order valence-electron chi connectivity index (χ0n) is 19.2. The van der Waals surface area contributed by atoms with E-state index in [4.69, 9.17) is 9.47 Å². The van der Waals surface area contributed by atoms with Crippen LogP contribution in [0.15, 0.2) is 60.7 Å². The first kappa shape index (κ1) is 22.6. The Hall–Kier alpha value is -3.58. The lowest BCUT2D eigenvalue weighted by atomic mass is 9.83. The molecule has 0 fully saturated rings. The van der Waals surface area contributed by atoms with Crippen LogP contribution in [0.2, 0.25) is 0 Å². The van der Waals surface area contributed by atoms with Gasteiger partial charge in [-0.25, -0.2) is 4.39 Å². The van der Waals surface area contributed by atoms with Crippen LogP contribution in [0.25, 0.3) is 11.1 Å². The van der Waals surface area contributed by atoms with E-state index in [0.29, 0.717) is 12.2 Å². The van der Waals surface area contributed by atoms with Crippen LogP contribution in [0.5, 0.6) is 11.5 Å². The van der Waals surface area contributed by atoms with Crippen molar-refractivity contribution in [2.45, 2.75) is 46.1 Å². The van der Waals surface area contributed by atoms with Gasteiger partial charge in [0.05, 0.1) is 12.0 Å². The van der Waals surface area contributed by atoms with E-state index < -0.39 is 5.82 Å². The maximum atomic E-state index is 14.3. The summed E-state index contributed by atoms with van der Waals surface area (Å²) in [6.07, 6.45) is 2.19. The van der Waals surface area contributed by atoms with Crippen LogP contribution in [0.3, 0.4) is 0 Å². The third kappa shape index (κ3) is 5.43. The topological polar surface area (TPSA) is 35.5 Å². The normalized spacial score (nSPS) is 14.8. The molecular formula is C29H29FO3. The molecule has 4 rings (SSSR count). The van der Waals surface area contributed by atoms with Crippen LogP contribution in [-0.2, 0) is 17.6 Å². The second-order valence-corrected chi connectivity index (χ2v) is 8.56. The molecule has 33 heavy (non-hydrogen) atoms. The summed E-state index contributed by atoms with van der Waals surface area (Å²) in [6.45, 7) is 5.55. The molecule has 0 amide bonds. The van der Waals surface area contributed by atoms with E-state index in [0.717, 1.165) is 29.5 Å². The monoisotopic (exact) mass is 444 g/mol. The molecule has 0 radical (unpaired) electrons. The number of hydrogen-bond donors (Lipinski definition) is 0. The lowest BCUT2D eigenvalue weighted by Crippen LogP contribution is -2.26. The van der Waals surface area contributed by atoms with Crippen molar-refractivity contribution in [3.63, 3.8) is 0 Å². The number of benzene rings is 3. The molecule has 1 atom stereocenters. The number of halogens is 1. The number of ether oxygens (including phenoxy) is 2. The van der Waals surface area contributed by atoms with Crippen molar-refractivity contribution in [1.29, 1.82) is 0 Å².